The number of thiazole rings is 1. The predicted molar refractivity (Wildman–Crippen MR) is 132 cm³/mol. The molecule has 0 saturated heterocycles. The molecule has 176 valence electrons. The summed E-state index contributed by atoms with van der Waals surface area (Å²) >= 11 is 7.96. The summed E-state index contributed by atoms with van der Waals surface area (Å²) in [5.41, 5.74) is 3.04. The van der Waals surface area contributed by atoms with Crippen LogP contribution in [0, 0.1) is 12.3 Å². The van der Waals surface area contributed by atoms with Crippen molar-refractivity contribution >= 4 is 66.1 Å². The van der Waals surface area contributed by atoms with E-state index in [-0.39, 0.29) is 18.7 Å². The summed E-state index contributed by atoms with van der Waals surface area (Å²) in [4.78, 5) is 16.4. The van der Waals surface area contributed by atoms with Crippen LogP contribution in [0.15, 0.2) is 55.8 Å². The molecule has 1 aromatic heterocycles. The number of hydrogen-bond acceptors (Lipinski definition) is 6. The number of nitrogens with one attached hydrogen (secondary N) is 2. The number of rotatable bonds is 8. The van der Waals surface area contributed by atoms with Crippen molar-refractivity contribution in [3.63, 3.8) is 0 Å². The van der Waals surface area contributed by atoms with Crippen molar-refractivity contribution in [2.75, 3.05) is 11.9 Å². The zero-order chi connectivity index (χ0) is 24.7. The van der Waals surface area contributed by atoms with E-state index in [1.807, 2.05) is 0 Å². The van der Waals surface area contributed by atoms with Crippen LogP contribution in [0.1, 0.15) is 16.8 Å². The molecule has 3 rings (SSSR count). The first-order chi connectivity index (χ1) is 16.2. The molecule has 0 bridgehead atoms. The van der Waals surface area contributed by atoms with Gasteiger partial charge in [0.1, 0.15) is 12.4 Å². The minimum atomic E-state index is -4.44. The number of hydrogen-bond donors (Lipinski definition) is 2. The summed E-state index contributed by atoms with van der Waals surface area (Å²) in [6, 6.07) is 8.29. The van der Waals surface area contributed by atoms with Crippen LogP contribution in [0.25, 0.3) is 0 Å². The van der Waals surface area contributed by atoms with Gasteiger partial charge in [-0.05, 0) is 67.8 Å². The molecule has 0 atom stereocenters. The second kappa shape index (κ2) is 11.5. The molecule has 2 aromatic carbocycles. The van der Waals surface area contributed by atoms with Gasteiger partial charge in [-0.15, -0.1) is 17.8 Å². The van der Waals surface area contributed by atoms with Crippen LogP contribution in [-0.2, 0) is 17.4 Å². The number of terminal acetylenes is 1. The molecule has 0 aliphatic heterocycles. The van der Waals surface area contributed by atoms with E-state index < -0.39 is 17.6 Å². The first-order valence-electron chi connectivity index (χ1n) is 9.41. The third kappa shape index (κ3) is 7.31. The normalized spacial score (nSPS) is 11.3. The minimum Gasteiger partial charge on any atom is -0.479 e. The van der Waals surface area contributed by atoms with Gasteiger partial charge in [0.15, 0.2) is 5.13 Å². The van der Waals surface area contributed by atoms with Crippen LogP contribution in [0.2, 0.25) is 0 Å². The summed E-state index contributed by atoms with van der Waals surface area (Å²) in [6.07, 6.45) is 2.17. The van der Waals surface area contributed by atoms with Crippen LogP contribution < -0.4 is 15.5 Å². The summed E-state index contributed by atoms with van der Waals surface area (Å²) in [7, 11) is 0. The van der Waals surface area contributed by atoms with Crippen molar-refractivity contribution in [3.05, 3.63) is 67.5 Å². The number of alkyl halides is 3. The van der Waals surface area contributed by atoms with Gasteiger partial charge in [0.05, 0.1) is 32.8 Å². The van der Waals surface area contributed by atoms with Gasteiger partial charge in [-0.3, -0.25) is 4.79 Å². The van der Waals surface area contributed by atoms with Gasteiger partial charge in [-0.1, -0.05) is 12.0 Å². The van der Waals surface area contributed by atoms with Crippen molar-refractivity contribution in [2.45, 2.75) is 12.6 Å². The van der Waals surface area contributed by atoms with Crippen LogP contribution in [0.3, 0.4) is 0 Å². The molecule has 0 unspecified atom stereocenters. The largest absolute Gasteiger partial charge is 0.479 e. The molecule has 1 heterocycles. The maximum atomic E-state index is 12.9. The number of carbonyl (C=O) groups is 1. The monoisotopic (exact) mass is 614 g/mol. The van der Waals surface area contributed by atoms with Crippen LogP contribution in [0.4, 0.5) is 24.0 Å². The maximum Gasteiger partial charge on any atom is 0.416 e. The molecule has 0 saturated carbocycles. The minimum absolute atomic E-state index is 0.0512. The molecule has 0 radical (unpaired) electrons. The van der Waals surface area contributed by atoms with Gasteiger partial charge in [0, 0.05) is 11.1 Å². The number of carbonyl (C=O) groups excluding carboxylic acids is 1. The number of halogens is 5. The number of aromatic nitrogens is 1. The predicted octanol–water partition coefficient (Wildman–Crippen LogP) is 6.14. The number of benzene rings is 2. The number of nitrogens with zero attached hydrogens (tertiary/aromatic N) is 2. The van der Waals surface area contributed by atoms with E-state index >= 15 is 0 Å². The van der Waals surface area contributed by atoms with Crippen LogP contribution in [-0.4, -0.2) is 23.7 Å². The third-order valence-electron chi connectivity index (χ3n) is 4.06. The van der Waals surface area contributed by atoms with E-state index in [2.05, 4.69) is 58.6 Å². The Balaban J connectivity index is 1.55. The average molecular weight is 616 g/mol. The first kappa shape index (κ1) is 25.7. The zero-order valence-electron chi connectivity index (χ0n) is 17.1. The number of amides is 1. The zero-order valence-corrected chi connectivity index (χ0v) is 21.1. The van der Waals surface area contributed by atoms with Gasteiger partial charge in [-0.2, -0.15) is 18.3 Å². The van der Waals surface area contributed by atoms with Gasteiger partial charge in [-0.25, -0.2) is 10.4 Å². The molecule has 2 N–H and O–H groups in total. The average Bonchev–Trinajstić information content (AvgIpc) is 3.19. The topological polar surface area (TPSA) is 75.6 Å². The number of anilines is 2. The van der Waals surface area contributed by atoms with E-state index in [9.17, 15) is 18.0 Å². The molecule has 12 heteroatoms. The molecule has 6 nitrogen and oxygen atoms in total. The molecule has 34 heavy (non-hydrogen) atoms. The molecular weight excluding hydrogens is 601 g/mol. The molecule has 3 aromatic rings. The lowest BCUT2D eigenvalue weighted by atomic mass is 10.2. The second-order valence-corrected chi connectivity index (χ2v) is 9.19. The summed E-state index contributed by atoms with van der Waals surface area (Å²) in [6.45, 7) is 0.120. The molecule has 0 aliphatic carbocycles. The lowest BCUT2D eigenvalue weighted by Gasteiger charge is -2.09. The second-order valence-electron chi connectivity index (χ2n) is 6.62. The van der Waals surface area contributed by atoms with Gasteiger partial charge < -0.3 is 10.1 Å². The SMILES string of the molecule is C#CCOc1c(Br)cc(/C=N\NC(=O)Cc2csc(Nc3cccc(C(F)(F)F)c3)n2)cc1Br. The summed E-state index contributed by atoms with van der Waals surface area (Å²) < 4.78 is 45.3. The standard InChI is InChI=1S/C22H15Br2F3N4O2S/c1-2-6-33-20-17(23)7-13(8-18(20)24)11-28-31-19(32)10-16-12-34-21(30-16)29-15-5-3-4-14(9-15)22(25,26)27/h1,3-5,7-9,11-12H,6,10H2,(H,29,30)(H,31,32)/b28-11-. The molecule has 0 aliphatic rings. The van der Waals surface area contributed by atoms with Crippen molar-refractivity contribution in [1.29, 1.82) is 0 Å². The quantitative estimate of drug-likeness (QED) is 0.181. The van der Waals surface area contributed by atoms with Gasteiger partial charge in [0.2, 0.25) is 5.91 Å². The molecule has 1 amide bonds. The summed E-state index contributed by atoms with van der Waals surface area (Å²) in [5, 5.41) is 8.76. The number of hydrazone groups is 1. The highest BCUT2D eigenvalue weighted by molar-refractivity contribution is 9.11. The van der Waals surface area contributed by atoms with Crippen molar-refractivity contribution in [1.82, 2.24) is 10.4 Å². The Kier molecular flexibility index (Phi) is 8.71. The Labute approximate surface area is 213 Å². The van der Waals surface area contributed by atoms with E-state index in [4.69, 9.17) is 11.2 Å². The Morgan fingerprint density at radius 3 is 2.68 bits per heavy atom. The van der Waals surface area contributed by atoms with Gasteiger partial charge in [0.25, 0.3) is 0 Å². The molecule has 0 spiro atoms. The Hall–Kier alpha value is -2.88. The Morgan fingerprint density at radius 1 is 1.26 bits per heavy atom. The first-order valence-corrected chi connectivity index (χ1v) is 11.9. The van der Waals surface area contributed by atoms with E-state index in [1.54, 1.807) is 17.5 Å². The molecular formula is C22H15Br2F3N4O2S. The van der Waals surface area contributed by atoms with E-state index in [0.717, 1.165) is 12.1 Å². The summed E-state index contributed by atoms with van der Waals surface area (Å²) in [5.74, 6) is 2.54. The smallest absolute Gasteiger partial charge is 0.416 e. The highest BCUT2D eigenvalue weighted by Gasteiger charge is 2.30. The third-order valence-corrected chi connectivity index (χ3v) is 6.04. The Morgan fingerprint density at radius 2 is 2.00 bits per heavy atom. The van der Waals surface area contributed by atoms with Crippen LogP contribution in [0.5, 0.6) is 5.75 Å². The van der Waals surface area contributed by atoms with Crippen LogP contribution >= 0.6 is 43.2 Å². The van der Waals surface area contributed by atoms with E-state index in [0.29, 0.717) is 31.1 Å². The Bertz CT molecular complexity index is 1230. The fourth-order valence-corrected chi connectivity index (χ4v) is 4.81. The lowest BCUT2D eigenvalue weighted by Crippen LogP contribution is -2.19. The highest BCUT2D eigenvalue weighted by atomic mass is 79.9. The fourth-order valence-electron chi connectivity index (χ4n) is 2.63. The van der Waals surface area contributed by atoms with Crippen molar-refractivity contribution < 1.29 is 22.7 Å². The fraction of sp³-hybridized carbons (Fsp3) is 0.136. The molecule has 0 fully saturated rings. The maximum absolute atomic E-state index is 12.9. The van der Waals surface area contributed by atoms with Crippen molar-refractivity contribution in [3.8, 4) is 18.1 Å². The van der Waals surface area contributed by atoms with Crippen molar-refractivity contribution in [2.24, 2.45) is 5.10 Å². The van der Waals surface area contributed by atoms with Gasteiger partial charge >= 0.3 is 6.18 Å². The lowest BCUT2D eigenvalue weighted by molar-refractivity contribution is -0.137. The number of ether oxygens (including phenoxy) is 1. The highest BCUT2D eigenvalue weighted by Crippen LogP contribution is 2.34. The van der Waals surface area contributed by atoms with E-state index in [1.165, 1.54) is 29.7 Å².